The molecule has 3 aromatic rings. The van der Waals surface area contributed by atoms with E-state index in [-0.39, 0.29) is 17.3 Å². The third-order valence-corrected chi connectivity index (χ3v) is 6.35. The van der Waals surface area contributed by atoms with E-state index in [1.807, 2.05) is 19.1 Å². The number of halogens is 2. The Morgan fingerprint density at radius 3 is 2.62 bits per heavy atom. The van der Waals surface area contributed by atoms with E-state index in [2.05, 4.69) is 26.2 Å². The Hall–Kier alpha value is -2.66. The average molecular weight is 447 g/mol. The predicted molar refractivity (Wildman–Crippen MR) is 114 cm³/mol. The van der Waals surface area contributed by atoms with Crippen molar-refractivity contribution in [3.05, 3.63) is 76.0 Å². The highest BCUT2D eigenvalue weighted by Gasteiger charge is 2.12. The van der Waals surface area contributed by atoms with Crippen molar-refractivity contribution in [2.45, 2.75) is 18.4 Å². The van der Waals surface area contributed by atoms with Crippen LogP contribution in [0.4, 0.5) is 0 Å². The molecule has 1 amide bonds. The van der Waals surface area contributed by atoms with Crippen LogP contribution in [-0.4, -0.2) is 30.9 Å². The van der Waals surface area contributed by atoms with Crippen molar-refractivity contribution in [1.82, 2.24) is 14.5 Å². The van der Waals surface area contributed by atoms with Crippen LogP contribution >= 0.6 is 23.2 Å². The van der Waals surface area contributed by atoms with E-state index in [0.717, 1.165) is 5.56 Å². The van der Waals surface area contributed by atoms with Gasteiger partial charge < -0.3 is 4.57 Å². The summed E-state index contributed by atoms with van der Waals surface area (Å²) in [6.45, 7) is 2.20. The molecule has 2 heterocycles. The van der Waals surface area contributed by atoms with Gasteiger partial charge in [-0.25, -0.2) is 9.19 Å². The van der Waals surface area contributed by atoms with Crippen molar-refractivity contribution in [3.8, 4) is 11.8 Å². The molecule has 1 unspecified atom stereocenters. The number of imidazole rings is 1. The second kappa shape index (κ2) is 8.78. The van der Waals surface area contributed by atoms with Crippen LogP contribution in [0.15, 0.2) is 58.3 Å². The van der Waals surface area contributed by atoms with Crippen LogP contribution in [0.5, 0.6) is 0 Å². The number of benzene rings is 1. The van der Waals surface area contributed by atoms with Gasteiger partial charge in [0, 0.05) is 29.1 Å². The van der Waals surface area contributed by atoms with Gasteiger partial charge in [-0.15, -0.1) is 0 Å². The number of pyridine rings is 1. The smallest absolute Gasteiger partial charge is 0.286 e. The fourth-order valence-corrected chi connectivity index (χ4v) is 3.83. The summed E-state index contributed by atoms with van der Waals surface area (Å²) in [5.41, 5.74) is 1.76. The molecule has 2 aromatic heterocycles. The van der Waals surface area contributed by atoms with Gasteiger partial charge in [0.15, 0.2) is 5.15 Å². The molecule has 9 heteroatoms. The van der Waals surface area contributed by atoms with Crippen LogP contribution < -0.4 is 0 Å². The summed E-state index contributed by atoms with van der Waals surface area (Å²) in [7, 11) is -2.87. The fourth-order valence-electron chi connectivity index (χ4n) is 2.36. The van der Waals surface area contributed by atoms with Crippen LogP contribution in [0.2, 0.25) is 10.3 Å². The van der Waals surface area contributed by atoms with E-state index in [1.165, 1.54) is 25.0 Å². The number of hydrogen-bond acceptors (Lipinski definition) is 4. The molecule has 0 fully saturated rings. The SMILES string of the molecule is Cc1ccc(S(C)(=O)=NC(=O)c2cncc(C#CCn3cnc(Cl)c3Cl)c2)cc1. The van der Waals surface area contributed by atoms with Crippen molar-refractivity contribution >= 4 is 38.8 Å². The van der Waals surface area contributed by atoms with Crippen LogP contribution in [0, 0.1) is 18.8 Å². The lowest BCUT2D eigenvalue weighted by Gasteiger charge is -2.04. The number of carbonyl (C=O) groups excluding carboxylic acids is 1. The first-order valence-corrected chi connectivity index (χ1v) is 11.1. The summed E-state index contributed by atoms with van der Waals surface area (Å²) < 4.78 is 18.4. The molecule has 29 heavy (non-hydrogen) atoms. The highest BCUT2D eigenvalue weighted by atomic mass is 35.5. The van der Waals surface area contributed by atoms with Crippen LogP contribution in [-0.2, 0) is 16.3 Å². The van der Waals surface area contributed by atoms with E-state index in [1.54, 1.807) is 22.8 Å². The molecule has 0 spiro atoms. The lowest BCUT2D eigenvalue weighted by molar-refractivity contribution is 0.100. The molecular formula is C20H16Cl2N4O2S. The minimum atomic E-state index is -2.87. The minimum absolute atomic E-state index is 0.209. The van der Waals surface area contributed by atoms with Crippen molar-refractivity contribution in [3.63, 3.8) is 0 Å². The maximum absolute atomic E-state index is 12.9. The normalized spacial score (nSPS) is 12.6. The zero-order chi connectivity index (χ0) is 21.0. The van der Waals surface area contributed by atoms with Gasteiger partial charge in [0.1, 0.15) is 5.15 Å². The fraction of sp³-hybridized carbons (Fsp3) is 0.150. The van der Waals surface area contributed by atoms with Gasteiger partial charge in [0.05, 0.1) is 28.2 Å². The molecule has 0 aliphatic carbocycles. The van der Waals surface area contributed by atoms with E-state index in [0.29, 0.717) is 15.6 Å². The largest absolute Gasteiger partial charge is 0.309 e. The van der Waals surface area contributed by atoms with Crippen LogP contribution in [0.1, 0.15) is 21.5 Å². The molecule has 148 valence electrons. The molecule has 0 bridgehead atoms. The Kier molecular flexibility index (Phi) is 6.38. The molecule has 0 radical (unpaired) electrons. The molecule has 0 saturated carbocycles. The summed E-state index contributed by atoms with van der Waals surface area (Å²) in [4.78, 5) is 20.9. The van der Waals surface area contributed by atoms with E-state index >= 15 is 0 Å². The summed E-state index contributed by atoms with van der Waals surface area (Å²) >= 11 is 11.8. The summed E-state index contributed by atoms with van der Waals surface area (Å²) in [5, 5.41) is 0.511. The number of carbonyl (C=O) groups is 1. The summed E-state index contributed by atoms with van der Waals surface area (Å²) in [6, 6.07) is 8.63. The summed E-state index contributed by atoms with van der Waals surface area (Å²) in [6.07, 6.45) is 5.82. The molecule has 0 N–H and O–H groups in total. The number of aryl methyl sites for hydroxylation is 1. The van der Waals surface area contributed by atoms with Gasteiger partial charge in [-0.1, -0.05) is 52.7 Å². The molecule has 1 atom stereocenters. The van der Waals surface area contributed by atoms with E-state index in [9.17, 15) is 9.00 Å². The Morgan fingerprint density at radius 2 is 1.97 bits per heavy atom. The molecule has 6 nitrogen and oxygen atoms in total. The Bertz CT molecular complexity index is 1250. The average Bonchev–Trinajstić information content (AvgIpc) is 3.00. The number of nitrogens with zero attached hydrogens (tertiary/aromatic N) is 4. The van der Waals surface area contributed by atoms with Gasteiger partial charge >= 0.3 is 0 Å². The third kappa shape index (κ3) is 5.24. The molecule has 3 rings (SSSR count). The second-order valence-corrected chi connectivity index (χ2v) is 9.21. The van der Waals surface area contributed by atoms with Gasteiger partial charge in [-0.05, 0) is 25.1 Å². The highest BCUT2D eigenvalue weighted by Crippen LogP contribution is 2.19. The number of hydrogen-bond donors (Lipinski definition) is 0. The molecule has 1 aromatic carbocycles. The lowest BCUT2D eigenvalue weighted by Crippen LogP contribution is -2.04. The number of amides is 1. The van der Waals surface area contributed by atoms with E-state index < -0.39 is 15.6 Å². The molecule has 0 aliphatic rings. The topological polar surface area (TPSA) is 77.2 Å². The minimum Gasteiger partial charge on any atom is -0.309 e. The van der Waals surface area contributed by atoms with Crippen molar-refractivity contribution in [2.75, 3.05) is 6.26 Å². The Morgan fingerprint density at radius 1 is 1.24 bits per heavy atom. The maximum Gasteiger partial charge on any atom is 0.286 e. The van der Waals surface area contributed by atoms with Gasteiger partial charge in [0.2, 0.25) is 0 Å². The maximum atomic E-state index is 12.9. The zero-order valence-corrected chi connectivity index (χ0v) is 17.9. The van der Waals surface area contributed by atoms with Crippen molar-refractivity contribution in [2.24, 2.45) is 4.36 Å². The highest BCUT2D eigenvalue weighted by molar-refractivity contribution is 7.93. The van der Waals surface area contributed by atoms with Crippen molar-refractivity contribution in [1.29, 1.82) is 0 Å². The first-order chi connectivity index (χ1) is 13.8. The zero-order valence-electron chi connectivity index (χ0n) is 15.6. The second-order valence-electron chi connectivity index (χ2n) is 6.23. The van der Waals surface area contributed by atoms with Gasteiger partial charge in [-0.3, -0.25) is 9.78 Å². The number of aromatic nitrogens is 3. The molecule has 0 aliphatic heterocycles. The van der Waals surface area contributed by atoms with E-state index in [4.69, 9.17) is 23.2 Å². The van der Waals surface area contributed by atoms with Crippen molar-refractivity contribution < 1.29 is 9.00 Å². The monoisotopic (exact) mass is 446 g/mol. The first kappa shape index (κ1) is 21.1. The Balaban J connectivity index is 1.81. The molecule has 0 saturated heterocycles. The van der Waals surface area contributed by atoms with Crippen LogP contribution in [0.25, 0.3) is 0 Å². The number of rotatable bonds is 3. The quantitative estimate of drug-likeness (QED) is 0.563. The lowest BCUT2D eigenvalue weighted by atomic mass is 10.2. The summed E-state index contributed by atoms with van der Waals surface area (Å²) in [5.74, 6) is 5.19. The third-order valence-electron chi connectivity index (χ3n) is 3.92. The first-order valence-electron chi connectivity index (χ1n) is 8.39. The van der Waals surface area contributed by atoms with Gasteiger partial charge in [0.25, 0.3) is 5.91 Å². The molecular weight excluding hydrogens is 431 g/mol. The predicted octanol–water partition coefficient (Wildman–Crippen LogP) is 4.24. The Labute approximate surface area is 179 Å². The standard InChI is InChI=1S/C20H16Cl2N4O2S/c1-14-5-7-17(8-6-14)29(2,28)25-20(27)16-10-15(11-23-12-16)4-3-9-26-13-24-18(21)19(26)22/h5-8,10-13H,9H2,1-2H3. The van der Waals surface area contributed by atoms with Crippen LogP contribution in [0.3, 0.4) is 0 Å². The van der Waals surface area contributed by atoms with Gasteiger partial charge in [-0.2, -0.15) is 4.36 Å².